The minimum Gasteiger partial charge on any atom is -0.481 e. The molecule has 0 aliphatic heterocycles. The first-order valence-corrected chi connectivity index (χ1v) is 6.67. The molecule has 0 aliphatic rings. The SMILES string of the molecule is CCN(C(=O)N(C)c1ccccc1C#N)C(C)CC(=O)O. The third-order valence-corrected chi connectivity index (χ3v) is 3.26. The lowest BCUT2D eigenvalue weighted by Crippen LogP contribution is -2.46. The Morgan fingerprint density at radius 2 is 2.00 bits per heavy atom. The third kappa shape index (κ3) is 3.96. The number of rotatable bonds is 5. The number of carbonyl (C=O) groups is 2. The summed E-state index contributed by atoms with van der Waals surface area (Å²) < 4.78 is 0. The van der Waals surface area contributed by atoms with Gasteiger partial charge in [0, 0.05) is 19.6 Å². The highest BCUT2D eigenvalue weighted by molar-refractivity contribution is 5.93. The van der Waals surface area contributed by atoms with Crippen LogP contribution in [0.1, 0.15) is 25.8 Å². The van der Waals surface area contributed by atoms with Gasteiger partial charge in [0.25, 0.3) is 0 Å². The lowest BCUT2D eigenvalue weighted by atomic mass is 10.1. The summed E-state index contributed by atoms with van der Waals surface area (Å²) in [7, 11) is 1.58. The zero-order chi connectivity index (χ0) is 16.0. The van der Waals surface area contributed by atoms with Crippen LogP contribution in [-0.2, 0) is 4.79 Å². The topological polar surface area (TPSA) is 84.6 Å². The Hall–Kier alpha value is -2.55. The Bertz CT molecular complexity index is 566. The molecule has 0 aliphatic carbocycles. The highest BCUT2D eigenvalue weighted by Crippen LogP contribution is 2.20. The molecule has 1 aromatic rings. The molecule has 1 aromatic carbocycles. The van der Waals surface area contributed by atoms with Gasteiger partial charge in [-0.25, -0.2) is 4.79 Å². The third-order valence-electron chi connectivity index (χ3n) is 3.26. The first kappa shape index (κ1) is 16.5. The summed E-state index contributed by atoms with van der Waals surface area (Å²) in [5, 5.41) is 17.9. The summed E-state index contributed by atoms with van der Waals surface area (Å²) in [4.78, 5) is 26.2. The van der Waals surface area contributed by atoms with Gasteiger partial charge >= 0.3 is 12.0 Å². The van der Waals surface area contributed by atoms with Crippen molar-refractivity contribution in [1.82, 2.24) is 4.90 Å². The average Bonchev–Trinajstić information content (AvgIpc) is 2.46. The van der Waals surface area contributed by atoms with E-state index in [9.17, 15) is 9.59 Å². The number of nitrogens with zero attached hydrogens (tertiary/aromatic N) is 3. The monoisotopic (exact) mass is 289 g/mol. The van der Waals surface area contributed by atoms with Crippen molar-refractivity contribution < 1.29 is 14.7 Å². The van der Waals surface area contributed by atoms with Gasteiger partial charge in [-0.3, -0.25) is 9.69 Å². The summed E-state index contributed by atoms with van der Waals surface area (Å²) in [5.74, 6) is -0.950. The van der Waals surface area contributed by atoms with Crippen LogP contribution in [-0.4, -0.2) is 41.6 Å². The number of anilines is 1. The smallest absolute Gasteiger partial charge is 0.324 e. The van der Waals surface area contributed by atoms with Crippen LogP contribution < -0.4 is 4.90 Å². The molecule has 6 nitrogen and oxygen atoms in total. The minimum atomic E-state index is -0.950. The van der Waals surface area contributed by atoms with Gasteiger partial charge in [0.05, 0.1) is 17.7 Å². The number of carboxylic acid groups (broad SMARTS) is 1. The van der Waals surface area contributed by atoms with Crippen molar-refractivity contribution in [2.24, 2.45) is 0 Å². The van der Waals surface area contributed by atoms with Crippen LogP contribution in [0.15, 0.2) is 24.3 Å². The Balaban J connectivity index is 2.99. The predicted octanol–water partition coefficient (Wildman–Crippen LogP) is 2.30. The standard InChI is InChI=1S/C15H19N3O3/c1-4-18(11(2)9-14(19)20)15(21)17(3)13-8-6-5-7-12(13)10-16/h5-8,11H,4,9H2,1-3H3,(H,19,20). The second-order valence-electron chi connectivity index (χ2n) is 4.70. The largest absolute Gasteiger partial charge is 0.481 e. The van der Waals surface area contributed by atoms with Crippen molar-refractivity contribution in [3.05, 3.63) is 29.8 Å². The summed E-state index contributed by atoms with van der Waals surface area (Å²) in [6.07, 6.45) is -0.118. The Labute approximate surface area is 124 Å². The van der Waals surface area contributed by atoms with Gasteiger partial charge in [-0.1, -0.05) is 12.1 Å². The van der Waals surface area contributed by atoms with E-state index in [1.807, 2.05) is 6.07 Å². The molecule has 0 heterocycles. The summed E-state index contributed by atoms with van der Waals surface area (Å²) >= 11 is 0. The van der Waals surface area contributed by atoms with Gasteiger partial charge in [0.15, 0.2) is 0 Å². The summed E-state index contributed by atoms with van der Waals surface area (Å²) in [6, 6.07) is 8.09. The van der Waals surface area contributed by atoms with E-state index in [0.717, 1.165) is 0 Å². The van der Waals surface area contributed by atoms with Gasteiger partial charge in [0.2, 0.25) is 0 Å². The molecule has 0 saturated carbocycles. The molecule has 6 heteroatoms. The van der Waals surface area contributed by atoms with Crippen LogP contribution in [0.4, 0.5) is 10.5 Å². The zero-order valence-electron chi connectivity index (χ0n) is 12.4. The highest BCUT2D eigenvalue weighted by atomic mass is 16.4. The van der Waals surface area contributed by atoms with Crippen LogP contribution >= 0.6 is 0 Å². The van der Waals surface area contributed by atoms with E-state index >= 15 is 0 Å². The maximum atomic E-state index is 12.5. The van der Waals surface area contributed by atoms with Gasteiger partial charge in [-0.2, -0.15) is 5.26 Å². The highest BCUT2D eigenvalue weighted by Gasteiger charge is 2.25. The first-order chi connectivity index (χ1) is 9.92. The van der Waals surface area contributed by atoms with E-state index in [0.29, 0.717) is 17.8 Å². The lowest BCUT2D eigenvalue weighted by Gasteiger charge is -2.31. The predicted molar refractivity (Wildman–Crippen MR) is 79.1 cm³/mol. The molecule has 2 amide bonds. The molecule has 112 valence electrons. The number of carbonyl (C=O) groups excluding carboxylic acids is 1. The van der Waals surface area contributed by atoms with Gasteiger partial charge in [-0.05, 0) is 26.0 Å². The van der Waals surface area contributed by atoms with E-state index in [-0.39, 0.29) is 12.5 Å². The molecule has 21 heavy (non-hydrogen) atoms. The average molecular weight is 289 g/mol. The van der Waals surface area contributed by atoms with Crippen LogP contribution in [0.25, 0.3) is 0 Å². The summed E-state index contributed by atoms with van der Waals surface area (Å²) in [6.45, 7) is 3.88. The van der Waals surface area contributed by atoms with Crippen LogP contribution in [0.5, 0.6) is 0 Å². The fourth-order valence-corrected chi connectivity index (χ4v) is 2.15. The molecule has 1 N–H and O–H groups in total. The number of benzene rings is 1. The molecule has 1 rings (SSSR count). The fraction of sp³-hybridized carbons (Fsp3) is 0.400. The molecule has 1 atom stereocenters. The normalized spacial score (nSPS) is 11.3. The van der Waals surface area contributed by atoms with Crippen molar-refractivity contribution in [3.8, 4) is 6.07 Å². The fourth-order valence-electron chi connectivity index (χ4n) is 2.15. The van der Waals surface area contributed by atoms with Crippen LogP contribution in [0.2, 0.25) is 0 Å². The van der Waals surface area contributed by atoms with Crippen LogP contribution in [0, 0.1) is 11.3 Å². The quantitative estimate of drug-likeness (QED) is 0.901. The molecule has 0 radical (unpaired) electrons. The molecule has 0 saturated heterocycles. The Morgan fingerprint density at radius 3 is 2.52 bits per heavy atom. The molecule has 0 aromatic heterocycles. The molecule has 0 fully saturated rings. The van der Waals surface area contributed by atoms with Crippen molar-refractivity contribution >= 4 is 17.7 Å². The number of carboxylic acids is 1. The molecular formula is C15H19N3O3. The van der Waals surface area contributed by atoms with Crippen molar-refractivity contribution in [3.63, 3.8) is 0 Å². The van der Waals surface area contributed by atoms with Gasteiger partial charge in [-0.15, -0.1) is 0 Å². The number of nitriles is 1. The second kappa shape index (κ2) is 7.29. The van der Waals surface area contributed by atoms with E-state index < -0.39 is 12.0 Å². The number of aliphatic carboxylic acids is 1. The van der Waals surface area contributed by atoms with Gasteiger partial charge < -0.3 is 10.0 Å². The summed E-state index contributed by atoms with van der Waals surface area (Å²) in [5.41, 5.74) is 0.904. The Kier molecular flexibility index (Phi) is 5.73. The van der Waals surface area contributed by atoms with E-state index in [4.69, 9.17) is 10.4 Å². The molecule has 0 bridgehead atoms. The number of para-hydroxylation sites is 1. The van der Waals surface area contributed by atoms with E-state index in [1.165, 1.54) is 9.80 Å². The van der Waals surface area contributed by atoms with E-state index in [2.05, 4.69) is 0 Å². The lowest BCUT2D eigenvalue weighted by molar-refractivity contribution is -0.138. The van der Waals surface area contributed by atoms with Crippen LogP contribution in [0.3, 0.4) is 0 Å². The van der Waals surface area contributed by atoms with Crippen molar-refractivity contribution in [2.45, 2.75) is 26.3 Å². The number of urea groups is 1. The second-order valence-corrected chi connectivity index (χ2v) is 4.70. The number of hydrogen-bond donors (Lipinski definition) is 1. The minimum absolute atomic E-state index is 0.118. The van der Waals surface area contributed by atoms with Crippen molar-refractivity contribution in [2.75, 3.05) is 18.5 Å². The maximum absolute atomic E-state index is 12.5. The first-order valence-electron chi connectivity index (χ1n) is 6.67. The maximum Gasteiger partial charge on any atom is 0.324 e. The molecule has 1 unspecified atom stereocenters. The van der Waals surface area contributed by atoms with Crippen molar-refractivity contribution in [1.29, 1.82) is 5.26 Å². The number of amides is 2. The zero-order valence-corrected chi connectivity index (χ0v) is 12.4. The van der Waals surface area contributed by atoms with E-state index in [1.54, 1.807) is 45.2 Å². The number of hydrogen-bond acceptors (Lipinski definition) is 3. The van der Waals surface area contributed by atoms with Gasteiger partial charge in [0.1, 0.15) is 6.07 Å². The molecule has 0 spiro atoms. The Morgan fingerprint density at radius 1 is 1.38 bits per heavy atom. The molecular weight excluding hydrogens is 270 g/mol.